The van der Waals surface area contributed by atoms with Crippen LogP contribution in [0.1, 0.15) is 6.92 Å². The molecular weight excluding hydrogens is 264 g/mol. The van der Waals surface area contributed by atoms with Gasteiger partial charge in [0.2, 0.25) is 5.91 Å². The first-order chi connectivity index (χ1) is 10.2. The normalized spacial score (nSPS) is 15.1. The molecule has 0 atom stereocenters. The highest BCUT2D eigenvalue weighted by molar-refractivity contribution is 5.73. The quantitative estimate of drug-likeness (QED) is 0.843. The van der Waals surface area contributed by atoms with E-state index in [1.54, 1.807) is 6.92 Å². The fourth-order valence-electron chi connectivity index (χ4n) is 2.51. The standard InChI is InChI=1S/C16H18N4O/c1-13(21)19-9-11-20(12-10-19)16-8-7-15(17-18-16)14-5-3-2-4-6-14/h2-8H,9-12H2,1H3. The van der Waals surface area contributed by atoms with Crippen molar-refractivity contribution in [3.05, 3.63) is 42.5 Å². The number of nitrogens with zero attached hydrogens (tertiary/aromatic N) is 4. The number of anilines is 1. The van der Waals surface area contributed by atoms with Gasteiger partial charge in [0, 0.05) is 38.7 Å². The summed E-state index contributed by atoms with van der Waals surface area (Å²) in [5.41, 5.74) is 1.94. The van der Waals surface area contributed by atoms with Crippen LogP contribution in [0.15, 0.2) is 42.5 Å². The molecule has 5 heteroatoms. The summed E-state index contributed by atoms with van der Waals surface area (Å²) in [4.78, 5) is 15.4. The van der Waals surface area contributed by atoms with Crippen molar-refractivity contribution in [2.45, 2.75) is 6.92 Å². The van der Waals surface area contributed by atoms with Crippen molar-refractivity contribution in [1.82, 2.24) is 15.1 Å². The average Bonchev–Trinajstić information content (AvgIpc) is 2.56. The maximum Gasteiger partial charge on any atom is 0.219 e. The van der Waals surface area contributed by atoms with Crippen LogP contribution < -0.4 is 4.90 Å². The van der Waals surface area contributed by atoms with E-state index in [-0.39, 0.29) is 5.91 Å². The van der Waals surface area contributed by atoms with Crippen molar-refractivity contribution in [3.8, 4) is 11.3 Å². The topological polar surface area (TPSA) is 49.3 Å². The van der Waals surface area contributed by atoms with E-state index in [4.69, 9.17) is 0 Å². The number of carbonyl (C=O) groups excluding carboxylic acids is 1. The smallest absolute Gasteiger partial charge is 0.219 e. The molecule has 2 aromatic rings. The predicted molar refractivity (Wildman–Crippen MR) is 81.9 cm³/mol. The molecule has 0 radical (unpaired) electrons. The van der Waals surface area contributed by atoms with Gasteiger partial charge in [-0.15, -0.1) is 10.2 Å². The maximum absolute atomic E-state index is 11.3. The lowest BCUT2D eigenvalue weighted by Crippen LogP contribution is -2.48. The summed E-state index contributed by atoms with van der Waals surface area (Å²) in [6.07, 6.45) is 0. The SMILES string of the molecule is CC(=O)N1CCN(c2ccc(-c3ccccc3)nn2)CC1. The molecule has 5 nitrogen and oxygen atoms in total. The van der Waals surface area contributed by atoms with Crippen molar-refractivity contribution in [1.29, 1.82) is 0 Å². The molecule has 0 saturated carbocycles. The molecule has 1 aromatic carbocycles. The maximum atomic E-state index is 11.3. The zero-order valence-corrected chi connectivity index (χ0v) is 12.1. The monoisotopic (exact) mass is 282 g/mol. The zero-order chi connectivity index (χ0) is 14.7. The Morgan fingerprint density at radius 2 is 1.67 bits per heavy atom. The molecular formula is C16H18N4O. The molecule has 1 aromatic heterocycles. The lowest BCUT2D eigenvalue weighted by atomic mass is 10.1. The van der Waals surface area contributed by atoms with Gasteiger partial charge < -0.3 is 9.80 Å². The molecule has 0 spiro atoms. The second-order valence-electron chi connectivity index (χ2n) is 5.14. The lowest BCUT2D eigenvalue weighted by Gasteiger charge is -2.34. The first kappa shape index (κ1) is 13.5. The second-order valence-corrected chi connectivity index (χ2v) is 5.14. The first-order valence-electron chi connectivity index (χ1n) is 7.13. The Bertz CT molecular complexity index is 604. The van der Waals surface area contributed by atoms with Gasteiger partial charge in [-0.1, -0.05) is 30.3 Å². The summed E-state index contributed by atoms with van der Waals surface area (Å²) in [6.45, 7) is 4.72. The van der Waals surface area contributed by atoms with Crippen LogP contribution in [0.25, 0.3) is 11.3 Å². The van der Waals surface area contributed by atoms with Crippen LogP contribution >= 0.6 is 0 Å². The van der Waals surface area contributed by atoms with Gasteiger partial charge in [-0.2, -0.15) is 0 Å². The molecule has 1 fully saturated rings. The van der Waals surface area contributed by atoms with E-state index in [0.717, 1.165) is 43.3 Å². The van der Waals surface area contributed by atoms with Crippen molar-refractivity contribution < 1.29 is 4.79 Å². The van der Waals surface area contributed by atoms with Crippen LogP contribution in [0.3, 0.4) is 0 Å². The third-order valence-corrected chi connectivity index (χ3v) is 3.77. The van der Waals surface area contributed by atoms with Gasteiger partial charge in [-0.05, 0) is 12.1 Å². The van der Waals surface area contributed by atoms with E-state index in [9.17, 15) is 4.79 Å². The van der Waals surface area contributed by atoms with E-state index in [1.807, 2.05) is 47.4 Å². The highest BCUT2D eigenvalue weighted by Crippen LogP contribution is 2.18. The van der Waals surface area contributed by atoms with Crippen molar-refractivity contribution in [3.63, 3.8) is 0 Å². The van der Waals surface area contributed by atoms with Crippen molar-refractivity contribution in [2.75, 3.05) is 31.1 Å². The highest BCUT2D eigenvalue weighted by atomic mass is 16.2. The summed E-state index contributed by atoms with van der Waals surface area (Å²) in [5, 5.41) is 8.63. The Kier molecular flexibility index (Phi) is 3.81. The lowest BCUT2D eigenvalue weighted by molar-refractivity contribution is -0.129. The molecule has 0 bridgehead atoms. The number of hydrogen-bond donors (Lipinski definition) is 0. The molecule has 1 aliphatic heterocycles. The van der Waals surface area contributed by atoms with Crippen LogP contribution in [0, 0.1) is 0 Å². The predicted octanol–water partition coefficient (Wildman–Crippen LogP) is 1.81. The summed E-state index contributed by atoms with van der Waals surface area (Å²) in [5.74, 6) is 1.01. The Labute approximate surface area is 124 Å². The minimum Gasteiger partial charge on any atom is -0.352 e. The van der Waals surface area contributed by atoms with E-state index in [2.05, 4.69) is 15.1 Å². The fraction of sp³-hybridized carbons (Fsp3) is 0.312. The minimum absolute atomic E-state index is 0.139. The zero-order valence-electron chi connectivity index (χ0n) is 12.1. The van der Waals surface area contributed by atoms with Gasteiger partial charge in [-0.25, -0.2) is 0 Å². The number of benzene rings is 1. The van der Waals surface area contributed by atoms with Crippen molar-refractivity contribution in [2.24, 2.45) is 0 Å². The molecule has 3 rings (SSSR count). The minimum atomic E-state index is 0.139. The van der Waals surface area contributed by atoms with Gasteiger partial charge in [0.05, 0.1) is 5.69 Å². The van der Waals surface area contributed by atoms with Gasteiger partial charge >= 0.3 is 0 Å². The number of hydrogen-bond acceptors (Lipinski definition) is 4. The van der Waals surface area contributed by atoms with E-state index < -0.39 is 0 Å². The Hall–Kier alpha value is -2.43. The van der Waals surface area contributed by atoms with Crippen LogP contribution in [0.2, 0.25) is 0 Å². The highest BCUT2D eigenvalue weighted by Gasteiger charge is 2.19. The van der Waals surface area contributed by atoms with Gasteiger partial charge in [0.15, 0.2) is 5.82 Å². The average molecular weight is 282 g/mol. The van der Waals surface area contributed by atoms with Crippen LogP contribution in [-0.2, 0) is 4.79 Å². The van der Waals surface area contributed by atoms with Crippen LogP contribution in [0.5, 0.6) is 0 Å². The number of rotatable bonds is 2. The summed E-state index contributed by atoms with van der Waals surface area (Å²) < 4.78 is 0. The summed E-state index contributed by atoms with van der Waals surface area (Å²) in [6, 6.07) is 14.0. The molecule has 108 valence electrons. The Morgan fingerprint density at radius 1 is 0.952 bits per heavy atom. The summed E-state index contributed by atoms with van der Waals surface area (Å²) >= 11 is 0. The third kappa shape index (κ3) is 3.02. The molecule has 1 saturated heterocycles. The number of piperazine rings is 1. The van der Waals surface area contributed by atoms with E-state index in [0.29, 0.717) is 0 Å². The van der Waals surface area contributed by atoms with Gasteiger partial charge in [0.1, 0.15) is 0 Å². The van der Waals surface area contributed by atoms with Crippen LogP contribution in [0.4, 0.5) is 5.82 Å². The Morgan fingerprint density at radius 3 is 2.24 bits per heavy atom. The van der Waals surface area contributed by atoms with Gasteiger partial charge in [0.25, 0.3) is 0 Å². The van der Waals surface area contributed by atoms with E-state index in [1.165, 1.54) is 0 Å². The molecule has 1 amide bonds. The molecule has 1 aliphatic rings. The Balaban J connectivity index is 1.69. The van der Waals surface area contributed by atoms with Gasteiger partial charge in [-0.3, -0.25) is 4.79 Å². The molecule has 2 heterocycles. The van der Waals surface area contributed by atoms with E-state index >= 15 is 0 Å². The fourth-order valence-corrected chi connectivity index (χ4v) is 2.51. The molecule has 0 N–H and O–H groups in total. The number of amides is 1. The molecule has 0 aliphatic carbocycles. The van der Waals surface area contributed by atoms with Crippen molar-refractivity contribution >= 4 is 11.7 Å². The van der Waals surface area contributed by atoms with Crippen LogP contribution in [-0.4, -0.2) is 47.2 Å². The molecule has 0 unspecified atom stereocenters. The third-order valence-electron chi connectivity index (χ3n) is 3.77. The first-order valence-corrected chi connectivity index (χ1v) is 7.13. The second kappa shape index (κ2) is 5.91. The summed E-state index contributed by atoms with van der Waals surface area (Å²) in [7, 11) is 0. The largest absolute Gasteiger partial charge is 0.352 e. The number of carbonyl (C=O) groups is 1. The number of aromatic nitrogens is 2. The molecule has 21 heavy (non-hydrogen) atoms.